The SMILES string of the molecule is CC(=O)c1ccc(-c2csc(N3CCC(N)C3)n2)cc1. The molecule has 1 aliphatic heterocycles. The zero-order chi connectivity index (χ0) is 14.1. The lowest BCUT2D eigenvalue weighted by atomic mass is 10.1. The van der Waals surface area contributed by atoms with Crippen molar-refractivity contribution in [3.8, 4) is 11.3 Å². The molecule has 5 heteroatoms. The molecule has 0 amide bonds. The van der Waals surface area contributed by atoms with Crippen LogP contribution in [-0.4, -0.2) is 29.9 Å². The van der Waals surface area contributed by atoms with E-state index in [9.17, 15) is 4.79 Å². The Balaban J connectivity index is 1.81. The Labute approximate surface area is 122 Å². The van der Waals surface area contributed by atoms with Crippen molar-refractivity contribution in [3.63, 3.8) is 0 Å². The smallest absolute Gasteiger partial charge is 0.185 e. The molecule has 2 N–H and O–H groups in total. The van der Waals surface area contributed by atoms with Crippen LogP contribution in [0.1, 0.15) is 23.7 Å². The molecule has 1 aliphatic rings. The topological polar surface area (TPSA) is 59.2 Å². The second-order valence-electron chi connectivity index (χ2n) is 5.14. The predicted molar refractivity (Wildman–Crippen MR) is 82.4 cm³/mol. The highest BCUT2D eigenvalue weighted by Gasteiger charge is 2.21. The molecule has 3 rings (SSSR count). The van der Waals surface area contributed by atoms with E-state index in [1.54, 1.807) is 18.3 Å². The van der Waals surface area contributed by atoms with Crippen LogP contribution < -0.4 is 10.6 Å². The van der Waals surface area contributed by atoms with Crippen molar-refractivity contribution in [2.45, 2.75) is 19.4 Å². The van der Waals surface area contributed by atoms with E-state index in [4.69, 9.17) is 5.73 Å². The zero-order valence-electron chi connectivity index (χ0n) is 11.4. The Kier molecular flexibility index (Phi) is 3.54. The average molecular weight is 287 g/mol. The first-order valence-electron chi connectivity index (χ1n) is 6.71. The van der Waals surface area contributed by atoms with E-state index in [2.05, 4.69) is 15.3 Å². The van der Waals surface area contributed by atoms with E-state index < -0.39 is 0 Å². The van der Waals surface area contributed by atoms with Crippen molar-refractivity contribution in [3.05, 3.63) is 35.2 Å². The van der Waals surface area contributed by atoms with Crippen LogP contribution in [0.4, 0.5) is 5.13 Å². The molecule has 0 bridgehead atoms. The maximum absolute atomic E-state index is 11.3. The number of hydrogen-bond donors (Lipinski definition) is 1. The molecule has 2 aromatic rings. The molecule has 2 heterocycles. The summed E-state index contributed by atoms with van der Waals surface area (Å²) >= 11 is 1.65. The molecule has 0 spiro atoms. The molecular formula is C15H17N3OS. The predicted octanol–water partition coefficient (Wildman–Crippen LogP) is 2.55. The zero-order valence-corrected chi connectivity index (χ0v) is 12.2. The molecule has 1 aromatic heterocycles. The van der Waals surface area contributed by atoms with Crippen LogP contribution in [0.5, 0.6) is 0 Å². The van der Waals surface area contributed by atoms with Crippen LogP contribution in [0.3, 0.4) is 0 Å². The van der Waals surface area contributed by atoms with Gasteiger partial charge in [0.2, 0.25) is 0 Å². The maximum Gasteiger partial charge on any atom is 0.185 e. The van der Waals surface area contributed by atoms with Crippen LogP contribution in [0.25, 0.3) is 11.3 Å². The molecule has 1 unspecified atom stereocenters. The van der Waals surface area contributed by atoms with Crippen LogP contribution in [0.15, 0.2) is 29.6 Å². The Morgan fingerprint density at radius 2 is 2.15 bits per heavy atom. The van der Waals surface area contributed by atoms with Crippen LogP contribution in [-0.2, 0) is 0 Å². The van der Waals surface area contributed by atoms with Crippen molar-refractivity contribution in [1.82, 2.24) is 4.98 Å². The summed E-state index contributed by atoms with van der Waals surface area (Å²) in [6.07, 6.45) is 1.03. The number of carbonyl (C=O) groups excluding carboxylic acids is 1. The van der Waals surface area contributed by atoms with Gasteiger partial charge in [-0.2, -0.15) is 0 Å². The van der Waals surface area contributed by atoms with E-state index >= 15 is 0 Å². The monoisotopic (exact) mass is 287 g/mol. The van der Waals surface area contributed by atoms with Crippen molar-refractivity contribution < 1.29 is 4.79 Å². The fraction of sp³-hybridized carbons (Fsp3) is 0.333. The molecule has 1 saturated heterocycles. The number of rotatable bonds is 3. The fourth-order valence-electron chi connectivity index (χ4n) is 2.38. The lowest BCUT2D eigenvalue weighted by molar-refractivity contribution is 0.101. The number of ketones is 1. The number of thiazole rings is 1. The lowest BCUT2D eigenvalue weighted by Gasteiger charge is -2.13. The van der Waals surface area contributed by atoms with E-state index in [1.165, 1.54) is 0 Å². The highest BCUT2D eigenvalue weighted by Crippen LogP contribution is 2.29. The minimum absolute atomic E-state index is 0.0848. The summed E-state index contributed by atoms with van der Waals surface area (Å²) in [5, 5.41) is 3.09. The molecule has 0 radical (unpaired) electrons. The number of carbonyl (C=O) groups is 1. The number of Topliss-reactive ketones (excluding diaryl/α,β-unsaturated/α-hetero) is 1. The molecule has 1 fully saturated rings. The lowest BCUT2D eigenvalue weighted by Crippen LogP contribution is -2.26. The van der Waals surface area contributed by atoms with Gasteiger partial charge >= 0.3 is 0 Å². The standard InChI is InChI=1S/C15H17N3OS/c1-10(19)11-2-4-12(5-3-11)14-9-20-15(17-14)18-7-6-13(16)8-18/h2-5,9,13H,6-8,16H2,1H3. The minimum atomic E-state index is 0.0848. The van der Waals surface area contributed by atoms with Gasteiger partial charge in [-0.3, -0.25) is 4.79 Å². The van der Waals surface area contributed by atoms with Gasteiger partial charge < -0.3 is 10.6 Å². The van der Waals surface area contributed by atoms with Crippen molar-refractivity contribution >= 4 is 22.3 Å². The van der Waals surface area contributed by atoms with Gasteiger partial charge in [0.05, 0.1) is 5.69 Å². The van der Waals surface area contributed by atoms with Crippen molar-refractivity contribution in [2.75, 3.05) is 18.0 Å². The van der Waals surface area contributed by atoms with E-state index in [0.29, 0.717) is 0 Å². The summed E-state index contributed by atoms with van der Waals surface area (Å²) in [5.74, 6) is 0.0848. The van der Waals surface area contributed by atoms with Gasteiger partial charge in [-0.05, 0) is 13.3 Å². The Morgan fingerprint density at radius 1 is 1.40 bits per heavy atom. The summed E-state index contributed by atoms with van der Waals surface area (Å²) in [7, 11) is 0. The van der Waals surface area contributed by atoms with Gasteiger partial charge in [0.25, 0.3) is 0 Å². The van der Waals surface area contributed by atoms with Crippen molar-refractivity contribution in [2.24, 2.45) is 5.73 Å². The Bertz CT molecular complexity index is 620. The number of nitrogens with zero attached hydrogens (tertiary/aromatic N) is 2. The molecule has 1 atom stereocenters. The third kappa shape index (κ3) is 2.59. The first-order valence-corrected chi connectivity index (χ1v) is 7.59. The maximum atomic E-state index is 11.3. The molecule has 1 aromatic carbocycles. The summed E-state index contributed by atoms with van der Waals surface area (Å²) in [4.78, 5) is 18.2. The second kappa shape index (κ2) is 5.34. The highest BCUT2D eigenvalue weighted by atomic mass is 32.1. The highest BCUT2D eigenvalue weighted by molar-refractivity contribution is 7.14. The number of hydrogen-bond acceptors (Lipinski definition) is 5. The second-order valence-corrected chi connectivity index (χ2v) is 5.98. The fourth-order valence-corrected chi connectivity index (χ4v) is 3.25. The third-order valence-corrected chi connectivity index (χ3v) is 4.48. The first-order chi connectivity index (χ1) is 9.63. The first kappa shape index (κ1) is 13.3. The molecule has 4 nitrogen and oxygen atoms in total. The normalized spacial score (nSPS) is 18.5. The summed E-state index contributed by atoms with van der Waals surface area (Å²) in [6.45, 7) is 3.44. The number of aromatic nitrogens is 1. The van der Waals surface area contributed by atoms with Gasteiger partial charge in [-0.15, -0.1) is 11.3 Å². The molecule has 0 saturated carbocycles. The van der Waals surface area contributed by atoms with Gasteiger partial charge in [0, 0.05) is 35.6 Å². The summed E-state index contributed by atoms with van der Waals surface area (Å²) in [6, 6.07) is 7.86. The molecule has 104 valence electrons. The van der Waals surface area contributed by atoms with Crippen LogP contribution in [0, 0.1) is 0 Å². The van der Waals surface area contributed by atoms with E-state index in [1.807, 2.05) is 24.3 Å². The van der Waals surface area contributed by atoms with Gasteiger partial charge in [0.1, 0.15) is 0 Å². The summed E-state index contributed by atoms with van der Waals surface area (Å²) in [5.41, 5.74) is 8.66. The number of benzene rings is 1. The quantitative estimate of drug-likeness (QED) is 0.881. The van der Waals surface area contributed by atoms with Crippen LogP contribution >= 0.6 is 11.3 Å². The molecule has 20 heavy (non-hydrogen) atoms. The van der Waals surface area contributed by atoms with Gasteiger partial charge in [0.15, 0.2) is 10.9 Å². The third-order valence-electron chi connectivity index (χ3n) is 3.57. The summed E-state index contributed by atoms with van der Waals surface area (Å²) < 4.78 is 0. The minimum Gasteiger partial charge on any atom is -0.346 e. The Morgan fingerprint density at radius 3 is 2.75 bits per heavy atom. The van der Waals surface area contributed by atoms with Gasteiger partial charge in [-0.25, -0.2) is 4.98 Å². The number of nitrogens with two attached hydrogens (primary N) is 1. The van der Waals surface area contributed by atoms with E-state index in [0.717, 1.165) is 41.5 Å². The van der Waals surface area contributed by atoms with Crippen molar-refractivity contribution in [1.29, 1.82) is 0 Å². The molecule has 0 aliphatic carbocycles. The molecular weight excluding hydrogens is 270 g/mol. The van der Waals surface area contributed by atoms with Gasteiger partial charge in [-0.1, -0.05) is 24.3 Å². The van der Waals surface area contributed by atoms with E-state index in [-0.39, 0.29) is 11.8 Å². The largest absolute Gasteiger partial charge is 0.346 e. The average Bonchev–Trinajstić information content (AvgIpc) is 3.07. The van der Waals surface area contributed by atoms with Crippen LogP contribution in [0.2, 0.25) is 0 Å². The number of anilines is 1. The Hall–Kier alpha value is -1.72.